The van der Waals surface area contributed by atoms with Crippen molar-refractivity contribution in [2.45, 2.75) is 0 Å². The molecule has 3 aromatic heterocycles. The average molecular weight is 311 g/mol. The van der Waals surface area contributed by atoms with Gasteiger partial charge in [-0.1, -0.05) is 36.4 Å². The largest absolute Gasteiger partial charge is 0.250 e. The number of para-hydroxylation sites is 2. The SMILES string of the molecule is c1ccc2nc3ccccc3cc2c1.c1cnc2ncncc2n1. The third-order valence-corrected chi connectivity index (χ3v) is 3.58. The van der Waals surface area contributed by atoms with Crippen LogP contribution in [0.25, 0.3) is 33.0 Å². The maximum atomic E-state index is 4.58. The maximum absolute atomic E-state index is 4.58. The lowest BCUT2D eigenvalue weighted by atomic mass is 10.1. The molecule has 0 fully saturated rings. The summed E-state index contributed by atoms with van der Waals surface area (Å²) >= 11 is 0. The zero-order chi connectivity index (χ0) is 16.2. The molecule has 0 radical (unpaired) electrons. The van der Waals surface area contributed by atoms with Crippen molar-refractivity contribution in [3.8, 4) is 0 Å². The van der Waals surface area contributed by atoms with Crippen LogP contribution < -0.4 is 0 Å². The molecule has 0 unspecified atom stereocenters. The van der Waals surface area contributed by atoms with Gasteiger partial charge in [0.1, 0.15) is 11.8 Å². The molecule has 24 heavy (non-hydrogen) atoms. The molecule has 5 heteroatoms. The minimum Gasteiger partial charge on any atom is -0.250 e. The Morgan fingerprint density at radius 2 is 1.29 bits per heavy atom. The van der Waals surface area contributed by atoms with Crippen LogP contribution in [-0.2, 0) is 0 Å². The monoisotopic (exact) mass is 311 g/mol. The molecule has 0 aliphatic heterocycles. The number of pyridine rings is 1. The van der Waals surface area contributed by atoms with Crippen molar-refractivity contribution >= 4 is 33.0 Å². The van der Waals surface area contributed by atoms with Crippen molar-refractivity contribution in [1.82, 2.24) is 24.9 Å². The molecule has 0 spiro atoms. The van der Waals surface area contributed by atoms with E-state index in [1.54, 1.807) is 18.6 Å². The third kappa shape index (κ3) is 2.87. The highest BCUT2D eigenvalue weighted by Gasteiger charge is 1.96. The van der Waals surface area contributed by atoms with E-state index in [1.807, 2.05) is 36.4 Å². The quantitative estimate of drug-likeness (QED) is 0.407. The number of hydrogen-bond donors (Lipinski definition) is 0. The van der Waals surface area contributed by atoms with Gasteiger partial charge in [-0.15, -0.1) is 0 Å². The van der Waals surface area contributed by atoms with Gasteiger partial charge in [0.2, 0.25) is 0 Å². The van der Waals surface area contributed by atoms with Crippen LogP contribution in [0, 0.1) is 0 Å². The molecule has 0 aliphatic rings. The fourth-order valence-corrected chi connectivity index (χ4v) is 2.44. The summed E-state index contributed by atoms with van der Waals surface area (Å²) in [4.78, 5) is 20.2. The van der Waals surface area contributed by atoms with E-state index in [4.69, 9.17) is 0 Å². The van der Waals surface area contributed by atoms with Gasteiger partial charge in [-0.3, -0.25) is 0 Å². The Labute approximate surface area is 138 Å². The fraction of sp³-hybridized carbons (Fsp3) is 0. The molecule has 0 atom stereocenters. The van der Waals surface area contributed by atoms with Gasteiger partial charge in [-0.05, 0) is 18.2 Å². The molecule has 0 saturated heterocycles. The van der Waals surface area contributed by atoms with Crippen LogP contribution in [0.1, 0.15) is 0 Å². The van der Waals surface area contributed by atoms with E-state index >= 15 is 0 Å². The molecule has 0 amide bonds. The number of hydrogen-bond acceptors (Lipinski definition) is 5. The minimum absolute atomic E-state index is 0.637. The van der Waals surface area contributed by atoms with Crippen LogP contribution in [0.15, 0.2) is 79.5 Å². The summed E-state index contributed by atoms with van der Waals surface area (Å²) in [6.45, 7) is 0. The molecule has 5 nitrogen and oxygen atoms in total. The Hall–Kier alpha value is -3.47. The van der Waals surface area contributed by atoms with Gasteiger partial charge in [-0.25, -0.2) is 24.9 Å². The first-order chi connectivity index (χ1) is 11.9. The molecule has 2 aromatic carbocycles. The zero-order valence-electron chi connectivity index (χ0n) is 12.7. The summed E-state index contributed by atoms with van der Waals surface area (Å²) in [7, 11) is 0. The van der Waals surface area contributed by atoms with Gasteiger partial charge in [0.05, 0.1) is 17.2 Å². The van der Waals surface area contributed by atoms with Gasteiger partial charge in [0.25, 0.3) is 0 Å². The molecule has 0 saturated carbocycles. The Morgan fingerprint density at radius 1 is 0.625 bits per heavy atom. The highest BCUT2D eigenvalue weighted by Crippen LogP contribution is 2.18. The molecular formula is C19H13N5. The maximum Gasteiger partial charge on any atom is 0.181 e. The smallest absolute Gasteiger partial charge is 0.181 e. The molecular weight excluding hydrogens is 298 g/mol. The fourth-order valence-electron chi connectivity index (χ4n) is 2.44. The van der Waals surface area contributed by atoms with E-state index in [2.05, 4.69) is 43.1 Å². The number of rotatable bonds is 0. The molecule has 5 aromatic rings. The van der Waals surface area contributed by atoms with E-state index in [0.29, 0.717) is 5.65 Å². The predicted octanol–water partition coefficient (Wildman–Crippen LogP) is 3.81. The normalized spacial score (nSPS) is 10.5. The summed E-state index contributed by atoms with van der Waals surface area (Å²) in [6, 6.07) is 18.6. The second-order valence-corrected chi connectivity index (χ2v) is 5.16. The van der Waals surface area contributed by atoms with E-state index in [0.717, 1.165) is 16.6 Å². The highest BCUT2D eigenvalue weighted by molar-refractivity contribution is 5.92. The summed E-state index contributed by atoms with van der Waals surface area (Å²) in [5, 5.41) is 2.40. The first kappa shape index (κ1) is 14.1. The van der Waals surface area contributed by atoms with Crippen molar-refractivity contribution in [3.05, 3.63) is 79.5 Å². The Balaban J connectivity index is 0.000000129. The van der Waals surface area contributed by atoms with E-state index in [1.165, 1.54) is 17.1 Å². The molecule has 5 rings (SSSR count). The van der Waals surface area contributed by atoms with Crippen molar-refractivity contribution in [2.75, 3.05) is 0 Å². The van der Waals surface area contributed by atoms with E-state index in [-0.39, 0.29) is 0 Å². The lowest BCUT2D eigenvalue weighted by Crippen LogP contribution is -1.85. The van der Waals surface area contributed by atoms with E-state index < -0.39 is 0 Å². The number of aromatic nitrogens is 5. The molecule has 0 N–H and O–H groups in total. The first-order valence-corrected chi connectivity index (χ1v) is 7.51. The summed E-state index contributed by atoms with van der Waals surface area (Å²) in [5.74, 6) is 0. The van der Waals surface area contributed by atoms with Crippen LogP contribution in [-0.4, -0.2) is 24.9 Å². The molecule has 3 heterocycles. The number of nitrogens with zero attached hydrogens (tertiary/aromatic N) is 5. The van der Waals surface area contributed by atoms with Crippen molar-refractivity contribution in [1.29, 1.82) is 0 Å². The zero-order valence-corrected chi connectivity index (χ0v) is 12.7. The Kier molecular flexibility index (Phi) is 3.73. The summed E-state index contributed by atoms with van der Waals surface area (Å²) < 4.78 is 0. The number of fused-ring (bicyclic) bond motifs is 3. The molecule has 0 bridgehead atoms. The second-order valence-electron chi connectivity index (χ2n) is 5.16. The standard InChI is InChI=1S/C13H9N.C6H4N4/c1-3-7-12-10(5-1)9-11-6-2-4-8-13(11)14-12;1-2-9-6-5(8-1)3-7-4-10-6/h1-9H;1-4H. The van der Waals surface area contributed by atoms with Crippen molar-refractivity contribution in [2.24, 2.45) is 0 Å². The minimum atomic E-state index is 0.637. The van der Waals surface area contributed by atoms with Gasteiger partial charge < -0.3 is 0 Å². The number of benzene rings is 2. The lowest BCUT2D eigenvalue weighted by molar-refractivity contribution is 1.15. The van der Waals surface area contributed by atoms with Crippen LogP contribution in [0.5, 0.6) is 0 Å². The summed E-state index contributed by atoms with van der Waals surface area (Å²) in [6.07, 6.45) is 6.31. The Bertz CT molecular complexity index is 953. The average Bonchev–Trinajstić information content (AvgIpc) is 2.67. The van der Waals surface area contributed by atoms with Crippen molar-refractivity contribution in [3.63, 3.8) is 0 Å². The topological polar surface area (TPSA) is 64.5 Å². The van der Waals surface area contributed by atoms with Crippen LogP contribution in [0.2, 0.25) is 0 Å². The van der Waals surface area contributed by atoms with Crippen molar-refractivity contribution < 1.29 is 0 Å². The van der Waals surface area contributed by atoms with Crippen LogP contribution >= 0.6 is 0 Å². The highest BCUT2D eigenvalue weighted by atomic mass is 14.9. The lowest BCUT2D eigenvalue weighted by Gasteiger charge is -1.99. The molecule has 114 valence electrons. The third-order valence-electron chi connectivity index (χ3n) is 3.58. The predicted molar refractivity (Wildman–Crippen MR) is 94.4 cm³/mol. The van der Waals surface area contributed by atoms with Gasteiger partial charge in [-0.2, -0.15) is 0 Å². The van der Waals surface area contributed by atoms with Gasteiger partial charge >= 0.3 is 0 Å². The van der Waals surface area contributed by atoms with Gasteiger partial charge in [0.15, 0.2) is 5.65 Å². The van der Waals surface area contributed by atoms with E-state index in [9.17, 15) is 0 Å². The van der Waals surface area contributed by atoms with Crippen LogP contribution in [0.4, 0.5) is 0 Å². The van der Waals surface area contributed by atoms with Gasteiger partial charge in [0, 0.05) is 23.2 Å². The first-order valence-electron chi connectivity index (χ1n) is 7.51. The van der Waals surface area contributed by atoms with Crippen LogP contribution in [0.3, 0.4) is 0 Å². The molecule has 0 aliphatic carbocycles. The Morgan fingerprint density at radius 3 is 2.00 bits per heavy atom. The second kappa shape index (κ2) is 6.34. The summed E-state index contributed by atoms with van der Waals surface area (Å²) in [5.41, 5.74) is 3.49.